The van der Waals surface area contributed by atoms with Crippen molar-refractivity contribution >= 4 is 27.2 Å². The zero-order chi connectivity index (χ0) is 19.3. The van der Waals surface area contributed by atoms with Crippen molar-refractivity contribution in [1.82, 2.24) is 5.32 Å². The third-order valence-electron chi connectivity index (χ3n) is 3.88. The van der Waals surface area contributed by atoms with E-state index in [0.29, 0.717) is 17.9 Å². The second kappa shape index (κ2) is 7.92. The molecule has 0 unspecified atom stereocenters. The Balaban J connectivity index is 1.63. The highest BCUT2D eigenvalue weighted by Crippen LogP contribution is 2.22. The second-order valence-corrected chi connectivity index (χ2v) is 7.84. The van der Waals surface area contributed by atoms with Crippen LogP contribution in [0.25, 0.3) is 0 Å². The van der Waals surface area contributed by atoms with Gasteiger partial charge in [0, 0.05) is 17.9 Å². The van der Waals surface area contributed by atoms with Gasteiger partial charge in [0.25, 0.3) is 0 Å². The molecule has 0 bridgehead atoms. The van der Waals surface area contributed by atoms with Gasteiger partial charge in [0.15, 0.2) is 0 Å². The second-order valence-electron chi connectivity index (χ2n) is 5.89. The minimum atomic E-state index is -3.57. The summed E-state index contributed by atoms with van der Waals surface area (Å²) in [6, 6.07) is 21.1. The van der Waals surface area contributed by atoms with Crippen molar-refractivity contribution in [3.63, 3.8) is 0 Å². The Hall–Kier alpha value is -3.32. The number of benzene rings is 3. The Morgan fingerprint density at radius 2 is 1.52 bits per heavy atom. The normalized spacial score (nSPS) is 11.0. The largest absolute Gasteiger partial charge is 0.399 e. The number of nitrogens with two attached hydrogens (primary N) is 1. The maximum Gasteiger partial charge on any atom is 0.319 e. The maximum atomic E-state index is 12.5. The van der Waals surface area contributed by atoms with Gasteiger partial charge in [-0.25, -0.2) is 13.2 Å². The van der Waals surface area contributed by atoms with Crippen LogP contribution in [0.15, 0.2) is 88.7 Å². The summed E-state index contributed by atoms with van der Waals surface area (Å²) in [5.74, 6) is 0. The first-order valence-electron chi connectivity index (χ1n) is 8.24. The molecule has 0 aliphatic carbocycles. The fourth-order valence-corrected chi connectivity index (χ4v) is 3.80. The molecule has 3 rings (SSSR count). The number of rotatable bonds is 5. The molecule has 6 nitrogen and oxygen atoms in total. The fraction of sp³-hybridized carbons (Fsp3) is 0.0500. The number of carbonyl (C=O) groups excluding carboxylic acids is 1. The number of hydrogen-bond donors (Lipinski definition) is 3. The van der Waals surface area contributed by atoms with Crippen LogP contribution >= 0.6 is 0 Å². The predicted molar refractivity (Wildman–Crippen MR) is 105 cm³/mol. The van der Waals surface area contributed by atoms with Gasteiger partial charge in [0.1, 0.15) is 0 Å². The number of hydrogen-bond acceptors (Lipinski definition) is 4. The number of nitrogen functional groups attached to an aromatic ring is 1. The average molecular weight is 381 g/mol. The lowest BCUT2D eigenvalue weighted by Crippen LogP contribution is -2.28. The van der Waals surface area contributed by atoms with Gasteiger partial charge in [0.2, 0.25) is 9.84 Å². The zero-order valence-corrected chi connectivity index (χ0v) is 15.2. The third-order valence-corrected chi connectivity index (χ3v) is 5.67. The lowest BCUT2D eigenvalue weighted by atomic mass is 10.2. The average Bonchev–Trinajstić information content (AvgIpc) is 2.68. The Labute approximate surface area is 158 Å². The molecule has 0 atom stereocenters. The Kier molecular flexibility index (Phi) is 5.42. The van der Waals surface area contributed by atoms with E-state index in [2.05, 4.69) is 10.6 Å². The molecule has 0 saturated carbocycles. The van der Waals surface area contributed by atoms with Gasteiger partial charge in [-0.2, -0.15) is 0 Å². The molecular formula is C20H19N3O3S. The predicted octanol–water partition coefficient (Wildman–Crippen LogP) is 3.42. The minimum absolute atomic E-state index is 0.166. The molecule has 138 valence electrons. The Bertz CT molecular complexity index is 1030. The summed E-state index contributed by atoms with van der Waals surface area (Å²) < 4.78 is 25.1. The van der Waals surface area contributed by atoms with E-state index >= 15 is 0 Å². The molecule has 0 saturated heterocycles. The van der Waals surface area contributed by atoms with E-state index in [-0.39, 0.29) is 9.79 Å². The van der Waals surface area contributed by atoms with E-state index in [1.165, 1.54) is 12.1 Å². The highest BCUT2D eigenvalue weighted by molar-refractivity contribution is 7.91. The van der Waals surface area contributed by atoms with E-state index in [0.717, 1.165) is 5.56 Å². The summed E-state index contributed by atoms with van der Waals surface area (Å²) in [7, 11) is -3.57. The first kappa shape index (κ1) is 18.5. The van der Waals surface area contributed by atoms with Gasteiger partial charge in [-0.05, 0) is 54.1 Å². The molecule has 0 aromatic heterocycles. The number of amides is 2. The molecule has 2 amide bonds. The number of anilines is 2. The van der Waals surface area contributed by atoms with Crippen LogP contribution in [0.4, 0.5) is 16.2 Å². The van der Waals surface area contributed by atoms with Crippen LogP contribution in [0.1, 0.15) is 5.56 Å². The zero-order valence-electron chi connectivity index (χ0n) is 14.4. The summed E-state index contributed by atoms with van der Waals surface area (Å²) in [6.45, 7) is 0.331. The van der Waals surface area contributed by atoms with Gasteiger partial charge in [0.05, 0.1) is 9.79 Å². The number of carbonyl (C=O) groups is 1. The van der Waals surface area contributed by atoms with Crippen molar-refractivity contribution in [2.75, 3.05) is 11.1 Å². The van der Waals surface area contributed by atoms with E-state index in [4.69, 9.17) is 5.73 Å². The summed E-state index contributed by atoms with van der Waals surface area (Å²) in [5.41, 5.74) is 7.71. The summed E-state index contributed by atoms with van der Waals surface area (Å²) >= 11 is 0. The molecule has 3 aromatic carbocycles. The minimum Gasteiger partial charge on any atom is -0.399 e. The quantitative estimate of drug-likeness (QED) is 0.589. The number of urea groups is 1. The highest BCUT2D eigenvalue weighted by atomic mass is 32.2. The van der Waals surface area contributed by atoms with Crippen molar-refractivity contribution in [3.8, 4) is 0 Å². The molecule has 7 heteroatoms. The summed E-state index contributed by atoms with van der Waals surface area (Å²) in [6.07, 6.45) is 0. The van der Waals surface area contributed by atoms with Crippen molar-refractivity contribution in [2.24, 2.45) is 0 Å². The lowest BCUT2D eigenvalue weighted by Gasteiger charge is -2.09. The van der Waals surface area contributed by atoms with Crippen molar-refractivity contribution in [1.29, 1.82) is 0 Å². The molecule has 0 heterocycles. The van der Waals surface area contributed by atoms with Crippen LogP contribution in [0, 0.1) is 0 Å². The van der Waals surface area contributed by atoms with Gasteiger partial charge < -0.3 is 16.4 Å². The monoisotopic (exact) mass is 381 g/mol. The van der Waals surface area contributed by atoms with Crippen molar-refractivity contribution in [2.45, 2.75) is 16.3 Å². The maximum absolute atomic E-state index is 12.5. The van der Waals surface area contributed by atoms with Crippen LogP contribution in [0.2, 0.25) is 0 Å². The van der Waals surface area contributed by atoms with Crippen LogP contribution < -0.4 is 16.4 Å². The number of sulfone groups is 1. The molecule has 0 spiro atoms. The highest BCUT2D eigenvalue weighted by Gasteiger charge is 2.16. The van der Waals surface area contributed by atoms with Gasteiger partial charge in [-0.15, -0.1) is 0 Å². The van der Waals surface area contributed by atoms with Crippen LogP contribution in [-0.4, -0.2) is 14.4 Å². The molecular weight excluding hydrogens is 362 g/mol. The van der Waals surface area contributed by atoms with E-state index in [1.807, 2.05) is 12.1 Å². The van der Waals surface area contributed by atoms with Gasteiger partial charge >= 0.3 is 6.03 Å². The van der Waals surface area contributed by atoms with Crippen LogP contribution in [-0.2, 0) is 16.4 Å². The lowest BCUT2D eigenvalue weighted by molar-refractivity contribution is 0.251. The summed E-state index contributed by atoms with van der Waals surface area (Å²) in [4.78, 5) is 12.4. The Morgan fingerprint density at radius 3 is 2.19 bits per heavy atom. The molecule has 0 fully saturated rings. The third kappa shape index (κ3) is 4.65. The smallest absolute Gasteiger partial charge is 0.319 e. The SMILES string of the molecule is Nc1cccc(CNC(=O)Nc2ccc(S(=O)(=O)c3ccccc3)cc2)c1. The first-order chi connectivity index (χ1) is 12.9. The molecule has 3 aromatic rings. The summed E-state index contributed by atoms with van der Waals surface area (Å²) in [5, 5.41) is 5.39. The molecule has 0 aliphatic rings. The van der Waals surface area contributed by atoms with Gasteiger partial charge in [-0.1, -0.05) is 30.3 Å². The topological polar surface area (TPSA) is 101 Å². The van der Waals surface area contributed by atoms with Crippen LogP contribution in [0.5, 0.6) is 0 Å². The Morgan fingerprint density at radius 1 is 0.852 bits per heavy atom. The first-order valence-corrected chi connectivity index (χ1v) is 9.73. The van der Waals surface area contributed by atoms with E-state index in [9.17, 15) is 13.2 Å². The molecule has 27 heavy (non-hydrogen) atoms. The van der Waals surface area contributed by atoms with E-state index in [1.54, 1.807) is 54.6 Å². The molecule has 0 radical (unpaired) electrons. The van der Waals surface area contributed by atoms with Crippen molar-refractivity contribution < 1.29 is 13.2 Å². The van der Waals surface area contributed by atoms with Crippen LogP contribution in [0.3, 0.4) is 0 Å². The molecule has 0 aliphatic heterocycles. The molecule has 4 N–H and O–H groups in total. The van der Waals surface area contributed by atoms with Gasteiger partial charge in [-0.3, -0.25) is 0 Å². The number of nitrogens with one attached hydrogen (secondary N) is 2. The standard InChI is InChI=1S/C20H19N3O3S/c21-16-6-4-5-15(13-16)14-22-20(24)23-17-9-11-19(12-10-17)27(25,26)18-7-2-1-3-8-18/h1-13H,14,21H2,(H2,22,23,24). The van der Waals surface area contributed by atoms with Crippen molar-refractivity contribution in [3.05, 3.63) is 84.4 Å². The van der Waals surface area contributed by atoms with E-state index < -0.39 is 15.9 Å². The fourth-order valence-electron chi connectivity index (χ4n) is 2.51.